The average Bonchev–Trinajstić information content (AvgIpc) is 2.27. The molecule has 0 bridgehead atoms. The highest BCUT2D eigenvalue weighted by Crippen LogP contribution is 2.11. The lowest BCUT2D eigenvalue weighted by atomic mass is 10.4. The zero-order chi connectivity index (χ0) is 14.7. The number of nitrogens with one attached hydrogen (secondary N) is 3. The lowest BCUT2D eigenvalue weighted by Gasteiger charge is -2.09. The van der Waals surface area contributed by atoms with Crippen LogP contribution in [0.15, 0.2) is 0 Å². The summed E-state index contributed by atoms with van der Waals surface area (Å²) in [5, 5.41) is 6.82. The first kappa shape index (κ1) is 17.6. The van der Waals surface area contributed by atoms with Gasteiger partial charge < -0.3 is 20.7 Å². The van der Waals surface area contributed by atoms with Gasteiger partial charge in [0.15, 0.2) is 0 Å². The van der Waals surface area contributed by atoms with E-state index in [2.05, 4.69) is 10.6 Å². The monoisotopic (exact) mass is 285 g/mol. The minimum atomic E-state index is -4.35. The van der Waals surface area contributed by atoms with Gasteiger partial charge in [0, 0.05) is 26.6 Å². The Labute approximate surface area is 109 Å². The molecule has 0 saturated carbocycles. The SMILES string of the molecule is COCCNC(=O)CCNC(=O)CNCC(F)(F)F. The van der Waals surface area contributed by atoms with Crippen LogP contribution in [0.25, 0.3) is 0 Å². The van der Waals surface area contributed by atoms with Crippen molar-refractivity contribution in [1.82, 2.24) is 16.0 Å². The third-order valence-corrected chi connectivity index (χ3v) is 1.91. The van der Waals surface area contributed by atoms with Gasteiger partial charge in [-0.25, -0.2) is 0 Å². The van der Waals surface area contributed by atoms with Gasteiger partial charge >= 0.3 is 6.18 Å². The smallest absolute Gasteiger partial charge is 0.383 e. The molecule has 0 rings (SSSR count). The van der Waals surface area contributed by atoms with E-state index in [0.717, 1.165) is 0 Å². The van der Waals surface area contributed by atoms with Crippen molar-refractivity contribution in [2.45, 2.75) is 12.6 Å². The quantitative estimate of drug-likeness (QED) is 0.495. The van der Waals surface area contributed by atoms with Gasteiger partial charge in [0.25, 0.3) is 0 Å². The molecule has 19 heavy (non-hydrogen) atoms. The molecule has 0 atom stereocenters. The summed E-state index contributed by atoms with van der Waals surface area (Å²) in [7, 11) is 1.50. The Kier molecular flexibility index (Phi) is 8.88. The van der Waals surface area contributed by atoms with Crippen LogP contribution in [0, 0.1) is 0 Å². The van der Waals surface area contributed by atoms with Crippen molar-refractivity contribution in [2.75, 3.05) is 39.9 Å². The fraction of sp³-hybridized carbons (Fsp3) is 0.800. The number of hydrogen-bond donors (Lipinski definition) is 3. The van der Waals surface area contributed by atoms with Gasteiger partial charge in [-0.05, 0) is 0 Å². The molecule has 3 N–H and O–H groups in total. The van der Waals surface area contributed by atoms with Crippen molar-refractivity contribution in [3.8, 4) is 0 Å². The van der Waals surface area contributed by atoms with E-state index >= 15 is 0 Å². The Hall–Kier alpha value is -1.35. The van der Waals surface area contributed by atoms with Crippen molar-refractivity contribution in [1.29, 1.82) is 0 Å². The van der Waals surface area contributed by atoms with E-state index in [1.807, 2.05) is 5.32 Å². The summed E-state index contributed by atoms with van der Waals surface area (Å²) >= 11 is 0. The fourth-order valence-corrected chi connectivity index (χ4v) is 1.08. The summed E-state index contributed by atoms with van der Waals surface area (Å²) in [6, 6.07) is 0. The number of halogens is 3. The number of amides is 2. The van der Waals surface area contributed by atoms with Gasteiger partial charge in [-0.15, -0.1) is 0 Å². The molecule has 0 fully saturated rings. The molecule has 112 valence electrons. The summed E-state index contributed by atoms with van der Waals surface area (Å²) in [5.41, 5.74) is 0. The Morgan fingerprint density at radius 1 is 1.11 bits per heavy atom. The van der Waals surface area contributed by atoms with Gasteiger partial charge in [-0.2, -0.15) is 13.2 Å². The van der Waals surface area contributed by atoms with Crippen LogP contribution in [-0.2, 0) is 14.3 Å². The molecule has 0 spiro atoms. The van der Waals surface area contributed by atoms with E-state index in [4.69, 9.17) is 4.74 Å². The van der Waals surface area contributed by atoms with Gasteiger partial charge in [0.05, 0.1) is 19.7 Å². The van der Waals surface area contributed by atoms with Crippen molar-refractivity contribution in [2.24, 2.45) is 0 Å². The number of alkyl halides is 3. The number of hydrogen-bond acceptors (Lipinski definition) is 4. The Balaban J connectivity index is 3.50. The minimum Gasteiger partial charge on any atom is -0.383 e. The largest absolute Gasteiger partial charge is 0.401 e. The van der Waals surface area contributed by atoms with E-state index in [0.29, 0.717) is 13.2 Å². The normalized spacial score (nSPS) is 11.2. The first-order chi connectivity index (χ1) is 8.85. The Bertz CT molecular complexity index is 285. The zero-order valence-corrected chi connectivity index (χ0v) is 10.6. The molecular formula is C10H18F3N3O3. The van der Waals surface area contributed by atoms with Crippen molar-refractivity contribution >= 4 is 11.8 Å². The highest BCUT2D eigenvalue weighted by atomic mass is 19.4. The topological polar surface area (TPSA) is 79.5 Å². The molecular weight excluding hydrogens is 267 g/mol. The second-order valence-corrected chi connectivity index (χ2v) is 3.66. The van der Waals surface area contributed by atoms with Crippen LogP contribution in [0.4, 0.5) is 13.2 Å². The van der Waals surface area contributed by atoms with Crippen LogP contribution >= 0.6 is 0 Å². The lowest BCUT2D eigenvalue weighted by molar-refractivity contribution is -0.128. The van der Waals surface area contributed by atoms with Crippen LogP contribution < -0.4 is 16.0 Å². The predicted molar refractivity (Wildman–Crippen MR) is 61.4 cm³/mol. The second kappa shape index (κ2) is 9.56. The molecule has 0 heterocycles. The minimum absolute atomic E-state index is 0.0642. The summed E-state index contributed by atoms with van der Waals surface area (Å²) in [6.45, 7) is -0.829. The second-order valence-electron chi connectivity index (χ2n) is 3.66. The molecule has 0 unspecified atom stereocenters. The molecule has 0 radical (unpaired) electrons. The molecule has 0 aliphatic carbocycles. The van der Waals surface area contributed by atoms with Crippen LogP contribution in [0.1, 0.15) is 6.42 Å². The van der Waals surface area contributed by atoms with E-state index in [9.17, 15) is 22.8 Å². The first-order valence-electron chi connectivity index (χ1n) is 5.65. The molecule has 2 amide bonds. The van der Waals surface area contributed by atoms with E-state index in [1.54, 1.807) is 0 Å². The number of ether oxygens (including phenoxy) is 1. The first-order valence-corrected chi connectivity index (χ1v) is 5.65. The number of rotatable bonds is 9. The molecule has 0 aromatic heterocycles. The number of methoxy groups -OCH3 is 1. The third-order valence-electron chi connectivity index (χ3n) is 1.91. The Morgan fingerprint density at radius 3 is 2.32 bits per heavy atom. The number of carbonyl (C=O) groups excluding carboxylic acids is 2. The van der Waals surface area contributed by atoms with Crippen LogP contribution in [-0.4, -0.2) is 57.9 Å². The maximum Gasteiger partial charge on any atom is 0.401 e. The fourth-order valence-electron chi connectivity index (χ4n) is 1.08. The van der Waals surface area contributed by atoms with Gasteiger partial charge in [0.1, 0.15) is 0 Å². The predicted octanol–water partition coefficient (Wildman–Crippen LogP) is -0.593. The maximum absolute atomic E-state index is 11.8. The lowest BCUT2D eigenvalue weighted by Crippen LogP contribution is -2.39. The third kappa shape index (κ3) is 12.9. The summed E-state index contributed by atoms with van der Waals surface area (Å²) in [4.78, 5) is 22.2. The maximum atomic E-state index is 11.8. The molecule has 0 aromatic carbocycles. The molecule has 6 nitrogen and oxygen atoms in total. The van der Waals surface area contributed by atoms with Gasteiger partial charge in [-0.3, -0.25) is 9.59 Å². The van der Waals surface area contributed by atoms with Crippen LogP contribution in [0.5, 0.6) is 0 Å². The van der Waals surface area contributed by atoms with Gasteiger partial charge in [-0.1, -0.05) is 0 Å². The molecule has 0 aliphatic rings. The van der Waals surface area contributed by atoms with Crippen LogP contribution in [0.3, 0.4) is 0 Å². The summed E-state index contributed by atoms with van der Waals surface area (Å²) in [6.07, 6.45) is -4.28. The number of carbonyl (C=O) groups is 2. The van der Waals surface area contributed by atoms with Crippen molar-refractivity contribution in [3.63, 3.8) is 0 Å². The van der Waals surface area contributed by atoms with Crippen molar-refractivity contribution in [3.05, 3.63) is 0 Å². The summed E-state index contributed by atoms with van der Waals surface area (Å²) < 4.78 is 40.0. The van der Waals surface area contributed by atoms with Crippen molar-refractivity contribution < 1.29 is 27.5 Å². The van der Waals surface area contributed by atoms with Gasteiger partial charge in [0.2, 0.25) is 11.8 Å². The summed E-state index contributed by atoms with van der Waals surface area (Å²) in [5.74, 6) is -0.852. The standard InChI is InChI=1S/C10H18F3N3O3/c1-19-5-4-16-8(17)2-3-15-9(18)6-14-7-10(11,12)13/h14H,2-7H2,1H3,(H,15,18)(H,16,17). The Morgan fingerprint density at radius 2 is 1.74 bits per heavy atom. The molecule has 9 heteroatoms. The molecule has 0 saturated heterocycles. The molecule has 0 aromatic rings. The highest BCUT2D eigenvalue weighted by Gasteiger charge is 2.26. The molecule has 0 aliphatic heterocycles. The zero-order valence-electron chi connectivity index (χ0n) is 10.6. The van der Waals surface area contributed by atoms with Crippen LogP contribution in [0.2, 0.25) is 0 Å². The average molecular weight is 285 g/mol. The van der Waals surface area contributed by atoms with E-state index in [-0.39, 0.29) is 18.9 Å². The highest BCUT2D eigenvalue weighted by molar-refractivity contribution is 5.80. The van der Waals surface area contributed by atoms with E-state index in [1.165, 1.54) is 7.11 Å². The van der Waals surface area contributed by atoms with E-state index < -0.39 is 25.2 Å².